The second-order valence-electron chi connectivity index (χ2n) is 4.46. The number of hydrogen-bond donors (Lipinski definition) is 1. The minimum absolute atomic E-state index is 0.0926. The Bertz CT molecular complexity index is 878. The van der Waals surface area contributed by atoms with E-state index in [9.17, 15) is 4.79 Å². The molecule has 3 rings (SSSR count). The van der Waals surface area contributed by atoms with Gasteiger partial charge in [0.1, 0.15) is 0 Å². The summed E-state index contributed by atoms with van der Waals surface area (Å²) in [5.74, 6) is 0. The molecule has 1 heterocycles. The van der Waals surface area contributed by atoms with Crippen molar-refractivity contribution in [1.29, 1.82) is 0 Å². The molecule has 0 bridgehead atoms. The summed E-state index contributed by atoms with van der Waals surface area (Å²) in [6.07, 6.45) is 0. The molecule has 2 aromatic carbocycles. The third kappa shape index (κ3) is 2.95. The normalized spacial score (nSPS) is 10.0. The number of nitrogens with one attached hydrogen (secondary N) is 1. The molecule has 4 heteroatoms. The van der Waals surface area contributed by atoms with Gasteiger partial charge in [0.05, 0.1) is 16.6 Å². The summed E-state index contributed by atoms with van der Waals surface area (Å²) < 4.78 is 1.94. The first-order valence-corrected chi connectivity index (χ1v) is 7.39. The number of aromatic amines is 1. The van der Waals surface area contributed by atoms with Crippen molar-refractivity contribution in [3.63, 3.8) is 0 Å². The predicted octanol–water partition coefficient (Wildman–Crippen LogP) is 4.38. The monoisotopic (exact) mass is 298 g/mol. The summed E-state index contributed by atoms with van der Waals surface area (Å²) in [6, 6.07) is 15.1. The molecule has 21 heavy (non-hydrogen) atoms. The van der Waals surface area contributed by atoms with Gasteiger partial charge in [-0.05, 0) is 49.0 Å². The molecule has 0 saturated heterocycles. The van der Waals surface area contributed by atoms with E-state index in [2.05, 4.69) is 4.98 Å². The summed E-state index contributed by atoms with van der Waals surface area (Å²) >= 11 is 5.30. The van der Waals surface area contributed by atoms with Crippen LogP contribution in [0.15, 0.2) is 53.3 Å². The van der Waals surface area contributed by atoms with Gasteiger partial charge in [0.2, 0.25) is 0 Å². The van der Waals surface area contributed by atoms with Crippen molar-refractivity contribution >= 4 is 23.1 Å². The molecule has 0 saturated carbocycles. The lowest BCUT2D eigenvalue weighted by Gasteiger charge is -2.08. The summed E-state index contributed by atoms with van der Waals surface area (Å²) in [7, 11) is 0. The predicted molar refractivity (Wildman–Crippen MR) is 90.8 cm³/mol. The molecule has 0 radical (unpaired) electrons. The van der Waals surface area contributed by atoms with Crippen LogP contribution in [0.25, 0.3) is 16.6 Å². The van der Waals surface area contributed by atoms with E-state index in [0.29, 0.717) is 10.2 Å². The zero-order valence-corrected chi connectivity index (χ0v) is 13.2. The summed E-state index contributed by atoms with van der Waals surface area (Å²) in [6.45, 7) is 5.99. The lowest BCUT2D eigenvalue weighted by molar-refractivity contribution is 0.938. The average Bonchev–Trinajstić information content (AvgIpc) is 2.49. The molecule has 0 aliphatic carbocycles. The average molecular weight is 298 g/mol. The molecule has 3 aromatic rings. The number of rotatable bonds is 1. The van der Waals surface area contributed by atoms with Gasteiger partial charge in [0.15, 0.2) is 4.77 Å². The molecule has 108 valence electrons. The fourth-order valence-corrected chi connectivity index (χ4v) is 2.46. The Balaban J connectivity index is 0.000000774. The van der Waals surface area contributed by atoms with E-state index >= 15 is 0 Å². The highest BCUT2D eigenvalue weighted by molar-refractivity contribution is 7.71. The van der Waals surface area contributed by atoms with Crippen molar-refractivity contribution in [3.8, 4) is 5.69 Å². The molecule has 0 fully saturated rings. The zero-order valence-electron chi connectivity index (χ0n) is 12.4. The molecule has 0 amide bonds. The summed E-state index contributed by atoms with van der Waals surface area (Å²) in [5.41, 5.74) is 2.55. The van der Waals surface area contributed by atoms with Crippen molar-refractivity contribution in [1.82, 2.24) is 9.55 Å². The summed E-state index contributed by atoms with van der Waals surface area (Å²) in [5, 5.41) is 0.637. The van der Waals surface area contributed by atoms with Gasteiger partial charge < -0.3 is 4.98 Å². The second-order valence-corrected chi connectivity index (χ2v) is 4.84. The van der Waals surface area contributed by atoms with Crippen LogP contribution < -0.4 is 5.56 Å². The first kappa shape index (κ1) is 15.2. The van der Waals surface area contributed by atoms with Gasteiger partial charge in [-0.3, -0.25) is 9.36 Å². The third-order valence-electron chi connectivity index (χ3n) is 3.07. The molecule has 0 spiro atoms. The minimum Gasteiger partial charge on any atom is -0.331 e. The highest BCUT2D eigenvalue weighted by Crippen LogP contribution is 2.11. The van der Waals surface area contributed by atoms with Gasteiger partial charge in [-0.1, -0.05) is 38.1 Å². The highest BCUT2D eigenvalue weighted by atomic mass is 32.1. The Morgan fingerprint density at radius 2 is 1.76 bits per heavy atom. The topological polar surface area (TPSA) is 37.8 Å². The van der Waals surface area contributed by atoms with Crippen molar-refractivity contribution in [2.75, 3.05) is 0 Å². The maximum absolute atomic E-state index is 12.5. The number of H-pyrrole nitrogens is 1. The van der Waals surface area contributed by atoms with Gasteiger partial charge in [-0.25, -0.2) is 0 Å². The van der Waals surface area contributed by atoms with Gasteiger partial charge >= 0.3 is 0 Å². The van der Waals surface area contributed by atoms with Crippen LogP contribution in [0.3, 0.4) is 0 Å². The van der Waals surface area contributed by atoms with Crippen molar-refractivity contribution in [3.05, 3.63) is 69.2 Å². The second kappa shape index (κ2) is 6.50. The molecule has 0 aliphatic heterocycles. The molecule has 0 atom stereocenters. The molecular formula is C17H18N2OS. The SMILES string of the molecule is CC.Cc1cccc(-n2c(=S)[nH]c3ccccc3c2=O)c1. The van der Waals surface area contributed by atoms with Crippen LogP contribution in [0.1, 0.15) is 19.4 Å². The van der Waals surface area contributed by atoms with Crippen LogP contribution in [0.2, 0.25) is 0 Å². The molecule has 3 nitrogen and oxygen atoms in total. The van der Waals surface area contributed by atoms with Crippen LogP contribution >= 0.6 is 12.2 Å². The van der Waals surface area contributed by atoms with E-state index < -0.39 is 0 Å². The van der Waals surface area contributed by atoms with Crippen LogP contribution in [0, 0.1) is 11.7 Å². The number of aryl methyl sites for hydroxylation is 1. The van der Waals surface area contributed by atoms with Gasteiger partial charge in [0, 0.05) is 0 Å². The van der Waals surface area contributed by atoms with Crippen LogP contribution in [-0.2, 0) is 0 Å². The van der Waals surface area contributed by atoms with Crippen molar-refractivity contribution in [2.24, 2.45) is 0 Å². The molecule has 0 aliphatic rings. The molecule has 1 aromatic heterocycles. The van der Waals surface area contributed by atoms with Gasteiger partial charge in [-0.15, -0.1) is 0 Å². The number of aromatic nitrogens is 2. The largest absolute Gasteiger partial charge is 0.331 e. The Kier molecular flexibility index (Phi) is 4.70. The van der Waals surface area contributed by atoms with E-state index in [1.807, 2.05) is 63.2 Å². The molecular weight excluding hydrogens is 280 g/mol. The Morgan fingerprint density at radius 3 is 2.48 bits per heavy atom. The van der Waals surface area contributed by atoms with Gasteiger partial charge in [0.25, 0.3) is 5.56 Å². The smallest absolute Gasteiger partial charge is 0.266 e. The van der Waals surface area contributed by atoms with Crippen LogP contribution in [0.4, 0.5) is 0 Å². The van der Waals surface area contributed by atoms with E-state index in [0.717, 1.165) is 16.8 Å². The Morgan fingerprint density at radius 1 is 1.05 bits per heavy atom. The lowest BCUT2D eigenvalue weighted by Crippen LogP contribution is -2.20. The number of hydrogen-bond acceptors (Lipinski definition) is 2. The number of benzene rings is 2. The van der Waals surface area contributed by atoms with E-state index in [4.69, 9.17) is 12.2 Å². The number of fused-ring (bicyclic) bond motifs is 1. The Labute approximate surface area is 128 Å². The molecule has 0 unspecified atom stereocenters. The van der Waals surface area contributed by atoms with E-state index in [-0.39, 0.29) is 5.56 Å². The Hall–Kier alpha value is -2.20. The fraction of sp³-hybridized carbons (Fsp3) is 0.176. The van der Waals surface area contributed by atoms with Crippen molar-refractivity contribution < 1.29 is 0 Å². The summed E-state index contributed by atoms with van der Waals surface area (Å²) in [4.78, 5) is 15.6. The van der Waals surface area contributed by atoms with Crippen LogP contribution in [0.5, 0.6) is 0 Å². The maximum Gasteiger partial charge on any atom is 0.266 e. The van der Waals surface area contributed by atoms with Crippen molar-refractivity contribution in [2.45, 2.75) is 20.8 Å². The first-order chi connectivity index (χ1) is 10.2. The molecule has 1 N–H and O–H groups in total. The quantitative estimate of drug-likeness (QED) is 0.677. The number of nitrogens with zero attached hydrogens (tertiary/aromatic N) is 1. The van der Waals surface area contributed by atoms with E-state index in [1.54, 1.807) is 6.07 Å². The van der Waals surface area contributed by atoms with Gasteiger partial charge in [-0.2, -0.15) is 0 Å². The maximum atomic E-state index is 12.5. The lowest BCUT2D eigenvalue weighted by atomic mass is 10.2. The van der Waals surface area contributed by atoms with E-state index in [1.165, 1.54) is 4.57 Å². The highest BCUT2D eigenvalue weighted by Gasteiger charge is 2.06. The van der Waals surface area contributed by atoms with Crippen LogP contribution in [-0.4, -0.2) is 9.55 Å². The first-order valence-electron chi connectivity index (χ1n) is 6.98. The zero-order chi connectivity index (χ0) is 15.4. The minimum atomic E-state index is -0.0926. The number of para-hydroxylation sites is 1. The standard InChI is InChI=1S/C15H12N2OS.C2H6/c1-10-5-4-6-11(9-10)17-14(18)12-7-2-3-8-13(12)16-15(17)19;1-2/h2-9H,1H3,(H,16,19);1-2H3. The third-order valence-corrected chi connectivity index (χ3v) is 3.35. The fourth-order valence-electron chi connectivity index (χ4n) is 2.16.